The lowest BCUT2D eigenvalue weighted by atomic mass is 9.80. The van der Waals surface area contributed by atoms with Crippen molar-refractivity contribution in [2.75, 3.05) is 5.32 Å². The quantitative estimate of drug-likeness (QED) is 0.712. The van der Waals surface area contributed by atoms with Crippen LogP contribution >= 0.6 is 0 Å². The minimum atomic E-state index is 0.842. The van der Waals surface area contributed by atoms with Gasteiger partial charge in [0.1, 0.15) is 0 Å². The lowest BCUT2D eigenvalue weighted by Gasteiger charge is -2.26. The fourth-order valence-electron chi connectivity index (χ4n) is 3.43. The number of rotatable bonds is 6. The molecule has 0 bridgehead atoms. The predicted octanol–water partition coefficient (Wildman–Crippen LogP) is 5.37. The maximum Gasteiger partial charge on any atom is 0.0858 e. The lowest BCUT2D eigenvalue weighted by molar-refractivity contribution is 0.314. The van der Waals surface area contributed by atoms with E-state index in [4.69, 9.17) is 4.99 Å². The molecule has 1 saturated carbocycles. The second-order valence-electron chi connectivity index (χ2n) is 6.87. The highest BCUT2D eigenvalue weighted by Crippen LogP contribution is 2.33. The van der Waals surface area contributed by atoms with Crippen molar-refractivity contribution in [2.45, 2.75) is 39.5 Å². The molecule has 0 aliphatic heterocycles. The Labute approximate surface area is 145 Å². The Morgan fingerprint density at radius 1 is 1.38 bits per heavy atom. The van der Waals surface area contributed by atoms with Gasteiger partial charge in [0.15, 0.2) is 0 Å². The van der Waals surface area contributed by atoms with Crippen LogP contribution in [0.1, 0.15) is 43.0 Å². The molecular formula is C21H27N3. The molecule has 1 fully saturated rings. The number of aliphatic imine (C=N–C) groups is 1. The van der Waals surface area contributed by atoms with Gasteiger partial charge >= 0.3 is 0 Å². The van der Waals surface area contributed by atoms with Crippen molar-refractivity contribution < 1.29 is 0 Å². The summed E-state index contributed by atoms with van der Waals surface area (Å²) in [5, 5.41) is 3.20. The molecule has 1 heterocycles. The number of hydrogen-bond acceptors (Lipinski definition) is 2. The molecule has 1 N–H and O–H groups in total. The van der Waals surface area contributed by atoms with Crippen molar-refractivity contribution in [1.29, 1.82) is 0 Å². The van der Waals surface area contributed by atoms with E-state index in [9.17, 15) is 0 Å². The maximum atomic E-state index is 4.98. The lowest BCUT2D eigenvalue weighted by Crippen LogP contribution is -2.14. The molecule has 1 aromatic carbocycles. The average molecular weight is 321 g/mol. The minimum Gasteiger partial charge on any atom is -0.360 e. The molecule has 0 unspecified atom stereocenters. The van der Waals surface area contributed by atoms with E-state index < -0.39 is 0 Å². The van der Waals surface area contributed by atoms with Gasteiger partial charge in [-0.15, -0.1) is 0 Å². The molecule has 0 atom stereocenters. The zero-order valence-electron chi connectivity index (χ0n) is 15.0. The first-order valence-electron chi connectivity index (χ1n) is 8.76. The molecule has 0 radical (unpaired) electrons. The second-order valence-corrected chi connectivity index (χ2v) is 6.87. The first-order valence-corrected chi connectivity index (χ1v) is 8.76. The third-order valence-electron chi connectivity index (χ3n) is 4.93. The smallest absolute Gasteiger partial charge is 0.0858 e. The molecule has 3 heteroatoms. The van der Waals surface area contributed by atoms with Crippen molar-refractivity contribution >= 4 is 17.1 Å². The Balaban J connectivity index is 1.95. The summed E-state index contributed by atoms with van der Waals surface area (Å²) in [6.07, 6.45) is 9.01. The molecule has 2 aromatic rings. The Hall–Kier alpha value is -2.29. The Bertz CT molecular complexity index is 763. The standard InChI is InChI=1S/C21H27N3/c1-5-22-20-11-12-24(4)21(20)16(3)23-19-10-9-15(2)13-18(19)14-17-7-6-8-17/h5,9-13,17,22H,1,6-8,14H2,2-4H3. The molecular weight excluding hydrogens is 294 g/mol. The van der Waals surface area contributed by atoms with E-state index >= 15 is 0 Å². The number of nitrogens with one attached hydrogen (secondary N) is 1. The molecule has 3 rings (SSSR count). The molecule has 1 aliphatic rings. The van der Waals surface area contributed by atoms with Crippen LogP contribution in [-0.4, -0.2) is 10.3 Å². The van der Waals surface area contributed by atoms with E-state index in [2.05, 4.69) is 54.6 Å². The van der Waals surface area contributed by atoms with Gasteiger partial charge in [-0.25, -0.2) is 0 Å². The van der Waals surface area contributed by atoms with Crippen LogP contribution in [0.4, 0.5) is 11.4 Å². The van der Waals surface area contributed by atoms with Crippen molar-refractivity contribution in [2.24, 2.45) is 18.0 Å². The van der Waals surface area contributed by atoms with Crippen LogP contribution in [0.15, 0.2) is 48.2 Å². The molecule has 0 spiro atoms. The zero-order chi connectivity index (χ0) is 17.1. The van der Waals surface area contributed by atoms with Crippen molar-refractivity contribution in [1.82, 2.24) is 4.57 Å². The summed E-state index contributed by atoms with van der Waals surface area (Å²) < 4.78 is 2.10. The first kappa shape index (κ1) is 16.6. The summed E-state index contributed by atoms with van der Waals surface area (Å²) in [5.74, 6) is 0.842. The van der Waals surface area contributed by atoms with E-state index in [0.717, 1.165) is 35.1 Å². The first-order chi connectivity index (χ1) is 11.6. The summed E-state index contributed by atoms with van der Waals surface area (Å²) in [6.45, 7) is 8.00. The fourth-order valence-corrected chi connectivity index (χ4v) is 3.43. The second kappa shape index (κ2) is 7.08. The maximum absolute atomic E-state index is 4.98. The monoisotopic (exact) mass is 321 g/mol. The summed E-state index contributed by atoms with van der Waals surface area (Å²) in [5.41, 5.74) is 6.97. The highest BCUT2D eigenvalue weighted by atomic mass is 15.0. The average Bonchev–Trinajstić information content (AvgIpc) is 2.86. The topological polar surface area (TPSA) is 29.3 Å². The highest BCUT2D eigenvalue weighted by Gasteiger charge is 2.19. The van der Waals surface area contributed by atoms with Gasteiger partial charge in [0.2, 0.25) is 0 Å². The molecule has 3 nitrogen and oxygen atoms in total. The van der Waals surface area contributed by atoms with E-state index in [0.29, 0.717) is 0 Å². The van der Waals surface area contributed by atoms with Gasteiger partial charge in [0.25, 0.3) is 0 Å². The van der Waals surface area contributed by atoms with Gasteiger partial charge in [-0.1, -0.05) is 43.5 Å². The van der Waals surface area contributed by atoms with Gasteiger partial charge < -0.3 is 9.88 Å². The van der Waals surface area contributed by atoms with Crippen molar-refractivity contribution in [3.8, 4) is 0 Å². The molecule has 24 heavy (non-hydrogen) atoms. The number of hydrogen-bond donors (Lipinski definition) is 1. The van der Waals surface area contributed by atoms with Crippen LogP contribution in [-0.2, 0) is 13.5 Å². The Morgan fingerprint density at radius 2 is 2.17 bits per heavy atom. The molecule has 0 saturated heterocycles. The zero-order valence-corrected chi connectivity index (χ0v) is 15.0. The van der Waals surface area contributed by atoms with Crippen LogP contribution in [0, 0.1) is 12.8 Å². The van der Waals surface area contributed by atoms with Crippen LogP contribution in [0.5, 0.6) is 0 Å². The summed E-state index contributed by atoms with van der Waals surface area (Å²) >= 11 is 0. The van der Waals surface area contributed by atoms with Crippen LogP contribution in [0.2, 0.25) is 0 Å². The minimum absolute atomic E-state index is 0.842. The highest BCUT2D eigenvalue weighted by molar-refractivity contribution is 6.03. The van der Waals surface area contributed by atoms with Crippen LogP contribution < -0.4 is 5.32 Å². The Kier molecular flexibility index (Phi) is 4.89. The molecule has 0 amide bonds. The fraction of sp³-hybridized carbons (Fsp3) is 0.381. The van der Waals surface area contributed by atoms with Gasteiger partial charge in [-0.2, -0.15) is 0 Å². The number of benzene rings is 1. The van der Waals surface area contributed by atoms with Crippen molar-refractivity contribution in [3.63, 3.8) is 0 Å². The number of aromatic nitrogens is 1. The summed E-state index contributed by atoms with van der Waals surface area (Å²) in [7, 11) is 2.05. The van der Waals surface area contributed by atoms with Crippen molar-refractivity contribution in [3.05, 3.63) is 60.1 Å². The van der Waals surface area contributed by atoms with E-state index in [1.807, 2.05) is 13.2 Å². The Morgan fingerprint density at radius 3 is 2.83 bits per heavy atom. The third-order valence-corrected chi connectivity index (χ3v) is 4.93. The van der Waals surface area contributed by atoms with Crippen LogP contribution in [0.3, 0.4) is 0 Å². The summed E-state index contributed by atoms with van der Waals surface area (Å²) in [6, 6.07) is 8.68. The molecule has 126 valence electrons. The van der Waals surface area contributed by atoms with Gasteiger partial charge in [-0.05, 0) is 50.1 Å². The van der Waals surface area contributed by atoms with Gasteiger partial charge in [0, 0.05) is 13.2 Å². The largest absolute Gasteiger partial charge is 0.360 e. The SMILES string of the molecule is C=CNc1ccn(C)c1C(C)=Nc1ccc(C)cc1CC1CCC1. The van der Waals surface area contributed by atoms with E-state index in [-0.39, 0.29) is 0 Å². The van der Waals surface area contributed by atoms with Crippen LogP contribution in [0.25, 0.3) is 0 Å². The molecule has 1 aromatic heterocycles. The van der Waals surface area contributed by atoms with Gasteiger partial charge in [-0.3, -0.25) is 4.99 Å². The van der Waals surface area contributed by atoms with E-state index in [1.54, 1.807) is 6.20 Å². The van der Waals surface area contributed by atoms with Gasteiger partial charge in [0.05, 0.1) is 22.8 Å². The normalized spacial score (nSPS) is 15.2. The number of nitrogens with zero attached hydrogens (tertiary/aromatic N) is 2. The summed E-state index contributed by atoms with van der Waals surface area (Å²) in [4.78, 5) is 4.98. The number of anilines is 1. The predicted molar refractivity (Wildman–Crippen MR) is 103 cm³/mol. The third kappa shape index (κ3) is 3.45. The number of aryl methyl sites for hydroxylation is 2. The van der Waals surface area contributed by atoms with E-state index in [1.165, 1.54) is 30.4 Å². The molecule has 1 aliphatic carbocycles.